The summed E-state index contributed by atoms with van der Waals surface area (Å²) in [5, 5.41) is 0.974. The molecule has 12 heteroatoms. The average molecular weight is 695 g/mol. The van der Waals surface area contributed by atoms with Gasteiger partial charge in [0.15, 0.2) is 0 Å². The van der Waals surface area contributed by atoms with Crippen molar-refractivity contribution in [2.75, 3.05) is 44.3 Å². The first-order valence-electron chi connectivity index (χ1n) is 15.9. The van der Waals surface area contributed by atoms with E-state index in [9.17, 15) is 9.59 Å². The third-order valence-corrected chi connectivity index (χ3v) is 9.11. The van der Waals surface area contributed by atoms with Crippen LogP contribution in [-0.4, -0.2) is 66.8 Å². The summed E-state index contributed by atoms with van der Waals surface area (Å²) in [6.07, 6.45) is 5.58. The van der Waals surface area contributed by atoms with Crippen LogP contribution in [0.4, 0.5) is 5.69 Å². The van der Waals surface area contributed by atoms with E-state index < -0.39 is 5.79 Å². The van der Waals surface area contributed by atoms with Gasteiger partial charge in [0.05, 0.1) is 11.6 Å². The molecule has 0 N–H and O–H groups in total. The van der Waals surface area contributed by atoms with Crippen molar-refractivity contribution in [1.29, 1.82) is 0 Å². The molecule has 2 aliphatic heterocycles. The van der Waals surface area contributed by atoms with E-state index in [1.165, 1.54) is 6.92 Å². The van der Waals surface area contributed by atoms with Crippen molar-refractivity contribution in [3.63, 3.8) is 0 Å². The predicted octanol–water partition coefficient (Wildman–Crippen LogP) is 5.38. The number of ether oxygens (including phenoxy) is 4. The van der Waals surface area contributed by atoms with Gasteiger partial charge in [-0.2, -0.15) is 0 Å². The minimum Gasteiger partial charge on any atom is -0.491 e. The Morgan fingerprint density at radius 3 is 2.46 bits per heavy atom. The van der Waals surface area contributed by atoms with Crippen LogP contribution < -0.4 is 18.9 Å². The fourth-order valence-electron chi connectivity index (χ4n) is 6.13. The molecule has 0 spiro atoms. The van der Waals surface area contributed by atoms with Crippen molar-refractivity contribution < 1.29 is 33.1 Å². The number of imidazole rings is 1. The van der Waals surface area contributed by atoms with Crippen molar-refractivity contribution >= 4 is 40.8 Å². The topological polar surface area (TPSA) is 86.4 Å². The van der Waals surface area contributed by atoms with E-state index in [1.807, 2.05) is 83.6 Å². The molecular weight excluding hydrogens is 655 g/mol. The summed E-state index contributed by atoms with van der Waals surface area (Å²) in [6.45, 7) is 9.54. The Balaban J connectivity index is 1.11. The Morgan fingerprint density at radius 2 is 1.77 bits per heavy atom. The van der Waals surface area contributed by atoms with Gasteiger partial charge < -0.3 is 28.7 Å². The van der Waals surface area contributed by atoms with Crippen molar-refractivity contribution in [2.45, 2.75) is 45.8 Å². The lowest BCUT2D eigenvalue weighted by Crippen LogP contribution is -2.48. The van der Waals surface area contributed by atoms with Gasteiger partial charge in [-0.1, -0.05) is 35.3 Å². The summed E-state index contributed by atoms with van der Waals surface area (Å²) in [4.78, 5) is 27.2. The monoisotopic (exact) mass is 693 g/mol. The number of piperazine rings is 1. The van der Waals surface area contributed by atoms with Gasteiger partial charge in [0.1, 0.15) is 49.7 Å². The van der Waals surface area contributed by atoms with Gasteiger partial charge in [-0.25, -0.2) is 9.13 Å². The molecular formula is C36H39Cl2N4O6+. The van der Waals surface area contributed by atoms with Crippen LogP contribution >= 0.6 is 23.2 Å². The predicted molar refractivity (Wildman–Crippen MR) is 182 cm³/mol. The Kier molecular flexibility index (Phi) is 10.3. The summed E-state index contributed by atoms with van der Waals surface area (Å²) in [5.41, 5.74) is 3.73. The Morgan fingerprint density at radius 1 is 1.00 bits per heavy atom. The average Bonchev–Trinajstić information content (AvgIpc) is 3.68. The zero-order valence-corrected chi connectivity index (χ0v) is 28.7. The number of carbonyl (C=O) groups is 2. The second kappa shape index (κ2) is 14.6. The number of esters is 1. The van der Waals surface area contributed by atoms with Crippen LogP contribution in [0.25, 0.3) is 0 Å². The van der Waals surface area contributed by atoms with Crippen LogP contribution in [-0.2, 0) is 37.9 Å². The van der Waals surface area contributed by atoms with E-state index in [0.29, 0.717) is 41.1 Å². The Bertz CT molecular complexity index is 1770. The molecule has 2 aliphatic rings. The van der Waals surface area contributed by atoms with Crippen LogP contribution in [0, 0.1) is 6.92 Å². The molecule has 3 heterocycles. The summed E-state index contributed by atoms with van der Waals surface area (Å²) in [5.74, 6) is -0.103. The van der Waals surface area contributed by atoms with E-state index in [2.05, 4.69) is 9.47 Å². The van der Waals surface area contributed by atoms with Crippen LogP contribution in [0.3, 0.4) is 0 Å². The summed E-state index contributed by atoms with van der Waals surface area (Å²) in [6, 6.07) is 19.1. The van der Waals surface area contributed by atoms with Gasteiger partial charge in [0.25, 0.3) is 0 Å². The molecule has 0 radical (unpaired) electrons. The highest BCUT2D eigenvalue weighted by Gasteiger charge is 2.47. The maximum absolute atomic E-state index is 11.7. The second-order valence-electron chi connectivity index (χ2n) is 12.2. The highest BCUT2D eigenvalue weighted by Crippen LogP contribution is 2.40. The van der Waals surface area contributed by atoms with Gasteiger partial charge in [0.2, 0.25) is 18.0 Å². The van der Waals surface area contributed by atoms with E-state index in [4.69, 9.17) is 42.1 Å². The first-order chi connectivity index (χ1) is 23.1. The second-order valence-corrected chi connectivity index (χ2v) is 13.0. The summed E-state index contributed by atoms with van der Waals surface area (Å²) in [7, 11) is 0. The molecule has 4 aromatic rings. The van der Waals surface area contributed by atoms with Crippen LogP contribution in [0.1, 0.15) is 30.5 Å². The SMILES string of the molecule is CC(=O)Oc1ccc(C[n+]2ccn(C[C@]3(c4ccc(Cl)cc4Cl)OC[C@H](COc4ccc(N5CCN(C(C)=O)CC5)cc4)O3)c2)cc1C. The van der Waals surface area contributed by atoms with Crippen molar-refractivity contribution in [2.24, 2.45) is 0 Å². The van der Waals surface area contributed by atoms with Crippen LogP contribution in [0.2, 0.25) is 10.0 Å². The number of hydrogen-bond acceptors (Lipinski definition) is 7. The molecule has 48 heavy (non-hydrogen) atoms. The molecule has 6 rings (SSSR count). The minimum atomic E-state index is -1.17. The fourth-order valence-corrected chi connectivity index (χ4v) is 6.69. The van der Waals surface area contributed by atoms with Gasteiger partial charge in [-0.05, 0) is 66.6 Å². The Hall–Kier alpha value is -4.09. The quantitative estimate of drug-likeness (QED) is 0.125. The number of anilines is 1. The third kappa shape index (κ3) is 7.95. The number of nitrogens with zero attached hydrogens (tertiary/aromatic N) is 4. The smallest absolute Gasteiger partial charge is 0.308 e. The first kappa shape index (κ1) is 33.8. The molecule has 0 aliphatic carbocycles. The molecule has 1 aromatic heterocycles. The van der Waals surface area contributed by atoms with E-state index >= 15 is 0 Å². The molecule has 2 fully saturated rings. The standard InChI is InChI=1S/C36H39Cl2N4O6/c1-25-18-28(4-11-35(25)47-27(3)44)20-39-12-13-40(24-39)23-36(33-10-5-29(37)19-34(33)38)46-22-32(48-36)21-45-31-8-6-30(7-9-31)42-16-14-41(15-17-42)26(2)43/h4-13,18-19,24,32H,14-17,20-23H2,1-3H3/q+1/t32-,36-/m0/s1. The largest absolute Gasteiger partial charge is 0.491 e. The van der Waals surface area contributed by atoms with Crippen LogP contribution in [0.15, 0.2) is 79.4 Å². The van der Waals surface area contributed by atoms with Crippen molar-refractivity contribution in [3.8, 4) is 11.5 Å². The molecule has 0 saturated carbocycles. The number of amides is 1. The number of carbonyl (C=O) groups excluding carboxylic acids is 2. The first-order valence-corrected chi connectivity index (χ1v) is 16.7. The normalized spacial score (nSPS) is 19.4. The van der Waals surface area contributed by atoms with Crippen LogP contribution in [0.5, 0.6) is 11.5 Å². The lowest BCUT2D eigenvalue weighted by atomic mass is 10.1. The molecule has 252 valence electrons. The van der Waals surface area contributed by atoms with Gasteiger partial charge in [-0.3, -0.25) is 9.59 Å². The lowest BCUT2D eigenvalue weighted by Gasteiger charge is -2.35. The number of hydrogen-bond donors (Lipinski definition) is 0. The number of aryl methyl sites for hydroxylation is 1. The highest BCUT2D eigenvalue weighted by molar-refractivity contribution is 6.35. The zero-order valence-electron chi connectivity index (χ0n) is 27.2. The third-order valence-electron chi connectivity index (χ3n) is 8.56. The summed E-state index contributed by atoms with van der Waals surface area (Å²) >= 11 is 13.0. The zero-order chi connectivity index (χ0) is 33.8. The molecule has 3 aromatic carbocycles. The molecule has 0 unspecified atom stereocenters. The Labute approximate surface area is 290 Å². The molecule has 2 atom stereocenters. The minimum absolute atomic E-state index is 0.118. The van der Waals surface area contributed by atoms with Gasteiger partial charge in [0, 0.05) is 56.3 Å². The molecule has 2 saturated heterocycles. The number of benzene rings is 3. The number of halogens is 2. The molecule has 1 amide bonds. The van der Waals surface area contributed by atoms with E-state index in [1.54, 1.807) is 19.1 Å². The van der Waals surface area contributed by atoms with Crippen molar-refractivity contribution in [1.82, 2.24) is 9.47 Å². The number of aromatic nitrogens is 2. The number of rotatable bonds is 10. The lowest BCUT2D eigenvalue weighted by molar-refractivity contribution is -0.688. The fraction of sp³-hybridized carbons (Fsp3) is 0.361. The maximum atomic E-state index is 11.7. The van der Waals surface area contributed by atoms with Gasteiger partial charge >= 0.3 is 5.97 Å². The highest BCUT2D eigenvalue weighted by atomic mass is 35.5. The van der Waals surface area contributed by atoms with E-state index in [-0.39, 0.29) is 24.6 Å². The molecule has 10 nitrogen and oxygen atoms in total. The molecule has 0 bridgehead atoms. The maximum Gasteiger partial charge on any atom is 0.308 e. The van der Waals surface area contributed by atoms with Crippen molar-refractivity contribution in [3.05, 3.63) is 106 Å². The summed E-state index contributed by atoms with van der Waals surface area (Å²) < 4.78 is 28.5. The van der Waals surface area contributed by atoms with Gasteiger partial charge in [-0.15, -0.1) is 0 Å². The van der Waals surface area contributed by atoms with E-state index in [0.717, 1.165) is 48.7 Å².